The van der Waals surface area contributed by atoms with Crippen molar-refractivity contribution in [2.45, 2.75) is 6.42 Å². The van der Waals surface area contributed by atoms with Crippen molar-refractivity contribution in [3.63, 3.8) is 0 Å². The Bertz CT molecular complexity index is 371. The van der Waals surface area contributed by atoms with Crippen LogP contribution in [0.1, 0.15) is 11.1 Å². The molecule has 0 saturated heterocycles. The van der Waals surface area contributed by atoms with Gasteiger partial charge in [0.25, 0.3) is 0 Å². The lowest BCUT2D eigenvalue weighted by Crippen LogP contribution is -1.83. The predicted octanol–water partition coefficient (Wildman–Crippen LogP) is 1.33. The minimum Gasteiger partial charge on any atom is -0.507 e. The molecular formula is C9H6N2O. The molecule has 1 aromatic rings. The lowest BCUT2D eigenvalue weighted by Gasteiger charge is -1.97. The van der Waals surface area contributed by atoms with E-state index in [2.05, 4.69) is 0 Å². The Kier molecular flexibility index (Phi) is 2.30. The number of aromatic hydroxyl groups is 1. The number of phenolic OH excluding ortho intramolecular Hbond substituents is 1. The lowest BCUT2D eigenvalue weighted by molar-refractivity contribution is 0.473. The second-order valence-electron chi connectivity index (χ2n) is 2.30. The quantitative estimate of drug-likeness (QED) is 0.670. The molecule has 0 unspecified atom stereocenters. The van der Waals surface area contributed by atoms with Crippen LogP contribution in [0.15, 0.2) is 18.2 Å². The van der Waals surface area contributed by atoms with Crippen molar-refractivity contribution in [2.24, 2.45) is 0 Å². The highest BCUT2D eigenvalue weighted by atomic mass is 16.3. The van der Waals surface area contributed by atoms with Gasteiger partial charge in [-0.1, -0.05) is 6.07 Å². The van der Waals surface area contributed by atoms with E-state index in [9.17, 15) is 0 Å². The van der Waals surface area contributed by atoms with Crippen LogP contribution in [0.2, 0.25) is 0 Å². The van der Waals surface area contributed by atoms with Gasteiger partial charge in [-0.25, -0.2) is 0 Å². The summed E-state index contributed by atoms with van der Waals surface area (Å²) in [6, 6.07) is 8.36. The van der Waals surface area contributed by atoms with E-state index in [4.69, 9.17) is 15.6 Å². The van der Waals surface area contributed by atoms with Crippen molar-refractivity contribution < 1.29 is 5.11 Å². The molecule has 0 bridgehead atoms. The van der Waals surface area contributed by atoms with E-state index in [1.165, 1.54) is 12.1 Å². The zero-order chi connectivity index (χ0) is 8.97. The first kappa shape index (κ1) is 8.10. The van der Waals surface area contributed by atoms with Gasteiger partial charge >= 0.3 is 0 Å². The van der Waals surface area contributed by atoms with Crippen molar-refractivity contribution in [3.8, 4) is 17.9 Å². The van der Waals surface area contributed by atoms with Gasteiger partial charge in [-0.15, -0.1) is 0 Å². The molecule has 0 spiro atoms. The maximum absolute atomic E-state index is 9.10. The normalized spacial score (nSPS) is 8.50. The molecule has 1 rings (SSSR count). The molecule has 1 N–H and O–H groups in total. The molecule has 0 amide bonds. The number of nitriles is 2. The Labute approximate surface area is 70.1 Å². The van der Waals surface area contributed by atoms with E-state index in [0.29, 0.717) is 0 Å². The van der Waals surface area contributed by atoms with E-state index < -0.39 is 0 Å². The molecule has 0 heterocycles. The largest absolute Gasteiger partial charge is 0.507 e. The number of rotatable bonds is 1. The molecule has 3 nitrogen and oxygen atoms in total. The van der Waals surface area contributed by atoms with Crippen molar-refractivity contribution in [3.05, 3.63) is 29.3 Å². The molecule has 0 radical (unpaired) electrons. The summed E-state index contributed by atoms with van der Waals surface area (Å²) in [6.45, 7) is 0. The van der Waals surface area contributed by atoms with Crippen LogP contribution in [-0.4, -0.2) is 5.11 Å². The molecule has 0 aliphatic carbocycles. The zero-order valence-corrected chi connectivity index (χ0v) is 6.28. The maximum atomic E-state index is 9.10. The van der Waals surface area contributed by atoms with Gasteiger partial charge in [0.05, 0.1) is 18.1 Å². The Hall–Kier alpha value is -2.00. The summed E-state index contributed by atoms with van der Waals surface area (Å²) < 4.78 is 0. The monoisotopic (exact) mass is 158 g/mol. The van der Waals surface area contributed by atoms with Crippen LogP contribution < -0.4 is 0 Å². The van der Waals surface area contributed by atoms with Crippen molar-refractivity contribution in [1.29, 1.82) is 10.5 Å². The highest BCUT2D eigenvalue weighted by Gasteiger charge is 2.00. The molecule has 0 saturated carbocycles. The van der Waals surface area contributed by atoms with Crippen molar-refractivity contribution in [1.82, 2.24) is 0 Å². The summed E-state index contributed by atoms with van der Waals surface area (Å²) in [5, 5.41) is 26.0. The van der Waals surface area contributed by atoms with E-state index in [1.807, 2.05) is 12.1 Å². The van der Waals surface area contributed by atoms with Crippen LogP contribution in [0.5, 0.6) is 5.75 Å². The average Bonchev–Trinajstić information content (AvgIpc) is 2.09. The predicted molar refractivity (Wildman–Crippen MR) is 42.1 cm³/mol. The van der Waals surface area contributed by atoms with E-state index >= 15 is 0 Å². The van der Waals surface area contributed by atoms with Gasteiger partial charge in [-0.3, -0.25) is 0 Å². The standard InChI is InChI=1S/C9H6N2O/c10-4-3-7-1-2-9(12)8(5-7)6-11/h1-2,5,12H,3H2. The number of hydrogen-bond donors (Lipinski definition) is 1. The molecule has 0 aromatic heterocycles. The smallest absolute Gasteiger partial charge is 0.133 e. The second kappa shape index (κ2) is 3.41. The van der Waals surface area contributed by atoms with Crippen molar-refractivity contribution in [2.75, 3.05) is 0 Å². The highest BCUT2D eigenvalue weighted by molar-refractivity contribution is 5.44. The number of nitrogens with zero attached hydrogens (tertiary/aromatic N) is 2. The molecule has 0 aliphatic rings. The first-order chi connectivity index (χ1) is 5.77. The molecule has 1 aromatic carbocycles. The summed E-state index contributed by atoms with van der Waals surface area (Å²) in [4.78, 5) is 0. The van der Waals surface area contributed by atoms with Crippen LogP contribution in [0.25, 0.3) is 0 Å². The zero-order valence-electron chi connectivity index (χ0n) is 6.28. The summed E-state index contributed by atoms with van der Waals surface area (Å²) in [7, 11) is 0. The molecular weight excluding hydrogens is 152 g/mol. The molecule has 58 valence electrons. The maximum Gasteiger partial charge on any atom is 0.133 e. The van der Waals surface area contributed by atoms with Crippen LogP contribution >= 0.6 is 0 Å². The Morgan fingerprint density at radius 3 is 2.67 bits per heavy atom. The minimum atomic E-state index is -0.0424. The fourth-order valence-electron chi connectivity index (χ4n) is 0.874. The van der Waals surface area contributed by atoms with Gasteiger partial charge in [-0.05, 0) is 17.7 Å². The van der Waals surface area contributed by atoms with Gasteiger partial charge in [0.2, 0.25) is 0 Å². The molecule has 0 fully saturated rings. The fourth-order valence-corrected chi connectivity index (χ4v) is 0.874. The number of hydrogen-bond acceptors (Lipinski definition) is 3. The van der Waals surface area contributed by atoms with Crippen LogP contribution in [0.3, 0.4) is 0 Å². The third kappa shape index (κ3) is 1.53. The summed E-state index contributed by atoms with van der Waals surface area (Å²) in [5.41, 5.74) is 0.953. The van der Waals surface area contributed by atoms with Gasteiger partial charge < -0.3 is 5.11 Å². The van der Waals surface area contributed by atoms with Crippen molar-refractivity contribution >= 4 is 0 Å². The second-order valence-corrected chi connectivity index (χ2v) is 2.30. The lowest BCUT2D eigenvalue weighted by atomic mass is 10.1. The summed E-state index contributed by atoms with van der Waals surface area (Å²) >= 11 is 0. The minimum absolute atomic E-state index is 0.0424. The van der Waals surface area contributed by atoms with Crippen LogP contribution in [0, 0.1) is 22.7 Å². The van der Waals surface area contributed by atoms with Crippen LogP contribution in [-0.2, 0) is 6.42 Å². The number of benzene rings is 1. The van der Waals surface area contributed by atoms with E-state index in [-0.39, 0.29) is 17.7 Å². The Balaban J connectivity index is 3.09. The molecule has 0 atom stereocenters. The van der Waals surface area contributed by atoms with Crippen LogP contribution in [0.4, 0.5) is 0 Å². The SMILES string of the molecule is N#CCc1ccc(O)c(C#N)c1. The van der Waals surface area contributed by atoms with Gasteiger partial charge in [0.15, 0.2) is 0 Å². The molecule has 12 heavy (non-hydrogen) atoms. The molecule has 0 aliphatic heterocycles. The first-order valence-electron chi connectivity index (χ1n) is 3.37. The Morgan fingerprint density at radius 2 is 2.08 bits per heavy atom. The van der Waals surface area contributed by atoms with E-state index in [1.54, 1.807) is 6.07 Å². The van der Waals surface area contributed by atoms with Gasteiger partial charge in [-0.2, -0.15) is 10.5 Å². The van der Waals surface area contributed by atoms with Gasteiger partial charge in [0, 0.05) is 0 Å². The third-order valence-corrected chi connectivity index (χ3v) is 1.46. The molecule has 3 heteroatoms. The topological polar surface area (TPSA) is 67.8 Å². The summed E-state index contributed by atoms with van der Waals surface area (Å²) in [5.74, 6) is -0.0424. The van der Waals surface area contributed by atoms with Gasteiger partial charge in [0.1, 0.15) is 11.8 Å². The average molecular weight is 158 g/mol. The van der Waals surface area contributed by atoms with E-state index in [0.717, 1.165) is 5.56 Å². The first-order valence-corrected chi connectivity index (χ1v) is 3.37. The summed E-state index contributed by atoms with van der Waals surface area (Å²) in [6.07, 6.45) is 0.259. The fraction of sp³-hybridized carbons (Fsp3) is 0.111. The number of phenols is 1. The third-order valence-electron chi connectivity index (χ3n) is 1.46. The highest BCUT2D eigenvalue weighted by Crippen LogP contribution is 2.17. The Morgan fingerprint density at radius 1 is 1.33 bits per heavy atom.